The Kier molecular flexibility index (Phi) is 1.91. The molecule has 0 radical (unpaired) electrons. The lowest BCUT2D eigenvalue weighted by Gasteiger charge is -2.13. The summed E-state index contributed by atoms with van der Waals surface area (Å²) in [5.41, 5.74) is -0.938. The molecule has 72 valence electrons. The van der Waals surface area contributed by atoms with Gasteiger partial charge in [0.1, 0.15) is 6.61 Å². The van der Waals surface area contributed by atoms with Gasteiger partial charge in [-0.1, -0.05) is 11.6 Å². The third-order valence-corrected chi connectivity index (χ3v) is 2.02. The summed E-state index contributed by atoms with van der Waals surface area (Å²) in [5, 5.41) is 0. The van der Waals surface area contributed by atoms with E-state index in [4.69, 9.17) is 11.6 Å². The minimum absolute atomic E-state index is 0.0172. The van der Waals surface area contributed by atoms with Crippen molar-refractivity contribution in [3.05, 3.63) is 0 Å². The number of halogens is 1. The van der Waals surface area contributed by atoms with Gasteiger partial charge in [-0.25, -0.2) is 9.59 Å². The van der Waals surface area contributed by atoms with Crippen LogP contribution < -0.4 is 0 Å². The second-order valence-electron chi connectivity index (χ2n) is 2.52. The molecule has 2 aliphatic heterocycles. The van der Waals surface area contributed by atoms with Crippen LogP contribution in [-0.4, -0.2) is 36.7 Å². The molecule has 13 heavy (non-hydrogen) atoms. The van der Waals surface area contributed by atoms with E-state index in [1.165, 1.54) is 0 Å². The Morgan fingerprint density at radius 1 is 1.15 bits per heavy atom. The van der Waals surface area contributed by atoms with Crippen molar-refractivity contribution >= 4 is 23.9 Å². The first kappa shape index (κ1) is 8.43. The molecule has 7 heteroatoms. The second-order valence-corrected chi connectivity index (χ2v) is 2.95. The first-order valence-electron chi connectivity index (χ1n) is 3.51. The molecule has 0 aromatic heterocycles. The lowest BCUT2D eigenvalue weighted by atomic mass is 10.2. The fraction of sp³-hybridized carbons (Fsp3) is 0.667. The molecule has 2 rings (SSSR count). The number of carbonyl (C=O) groups is 2. The summed E-state index contributed by atoms with van der Waals surface area (Å²) in [6.45, 7) is 0.0172. The lowest BCUT2D eigenvalue weighted by molar-refractivity contribution is 0.0391. The maximum atomic E-state index is 10.6. The van der Waals surface area contributed by atoms with Gasteiger partial charge in [0.15, 0.2) is 12.2 Å². The van der Waals surface area contributed by atoms with Crippen molar-refractivity contribution in [3.8, 4) is 0 Å². The average molecular weight is 209 g/mol. The van der Waals surface area contributed by atoms with Gasteiger partial charge in [0.2, 0.25) is 5.56 Å². The predicted molar refractivity (Wildman–Crippen MR) is 37.2 cm³/mol. The molecule has 0 amide bonds. The molecule has 2 heterocycles. The number of rotatable bonds is 1. The van der Waals surface area contributed by atoms with Crippen LogP contribution >= 0.6 is 11.6 Å². The molecular weight excluding hydrogens is 204 g/mol. The molecular formula is C6H5ClO6. The Balaban J connectivity index is 2.01. The van der Waals surface area contributed by atoms with Crippen LogP contribution in [0.25, 0.3) is 0 Å². The monoisotopic (exact) mass is 208 g/mol. The third-order valence-electron chi connectivity index (χ3n) is 1.68. The highest BCUT2D eigenvalue weighted by Gasteiger charge is 2.46. The van der Waals surface area contributed by atoms with Crippen molar-refractivity contribution in [1.82, 2.24) is 0 Å². The van der Waals surface area contributed by atoms with Gasteiger partial charge >= 0.3 is 12.3 Å². The predicted octanol–water partition coefficient (Wildman–Crippen LogP) is 0.622. The molecule has 0 aromatic rings. The lowest BCUT2D eigenvalue weighted by Crippen LogP contribution is -2.34. The first-order valence-corrected chi connectivity index (χ1v) is 3.95. The number of hydrogen-bond acceptors (Lipinski definition) is 6. The summed E-state index contributed by atoms with van der Waals surface area (Å²) in [6.07, 6.45) is -3.13. The topological polar surface area (TPSA) is 71.1 Å². The fourth-order valence-corrected chi connectivity index (χ4v) is 1.39. The van der Waals surface area contributed by atoms with E-state index in [2.05, 4.69) is 18.9 Å². The van der Waals surface area contributed by atoms with Crippen molar-refractivity contribution in [2.24, 2.45) is 0 Å². The number of carbonyl (C=O) groups excluding carboxylic acids is 2. The quantitative estimate of drug-likeness (QED) is 0.465. The molecule has 3 unspecified atom stereocenters. The largest absolute Gasteiger partial charge is 0.510 e. The summed E-state index contributed by atoms with van der Waals surface area (Å²) >= 11 is 5.59. The first-order chi connectivity index (χ1) is 6.16. The van der Waals surface area contributed by atoms with Gasteiger partial charge in [0.25, 0.3) is 0 Å². The molecule has 2 fully saturated rings. The summed E-state index contributed by atoms with van der Waals surface area (Å²) in [7, 11) is 0. The Morgan fingerprint density at radius 2 is 1.92 bits per heavy atom. The Labute approximate surface area is 77.6 Å². The van der Waals surface area contributed by atoms with Gasteiger partial charge < -0.3 is 18.9 Å². The van der Waals surface area contributed by atoms with Crippen molar-refractivity contribution in [2.75, 3.05) is 6.61 Å². The summed E-state index contributed by atoms with van der Waals surface area (Å²) in [5.74, 6) is 0. The molecule has 0 bridgehead atoms. The maximum Gasteiger partial charge on any atom is 0.510 e. The van der Waals surface area contributed by atoms with Crippen molar-refractivity contribution in [1.29, 1.82) is 0 Å². The molecule has 2 aliphatic rings. The zero-order valence-electron chi connectivity index (χ0n) is 6.27. The molecule has 0 saturated carbocycles. The van der Waals surface area contributed by atoms with Crippen LogP contribution in [0.2, 0.25) is 0 Å². The van der Waals surface area contributed by atoms with Crippen LogP contribution in [0, 0.1) is 0 Å². The fourth-order valence-electron chi connectivity index (χ4n) is 1.10. The molecule has 2 saturated heterocycles. The van der Waals surface area contributed by atoms with Crippen LogP contribution in [-0.2, 0) is 18.9 Å². The molecule has 0 aliphatic carbocycles. The number of hydrogen-bond donors (Lipinski definition) is 0. The minimum atomic E-state index is -0.938. The van der Waals surface area contributed by atoms with Crippen molar-refractivity contribution < 1.29 is 28.5 Å². The summed E-state index contributed by atoms with van der Waals surface area (Å²) in [4.78, 5) is 21.1. The highest BCUT2D eigenvalue weighted by Crippen LogP contribution is 2.25. The Morgan fingerprint density at radius 3 is 2.38 bits per heavy atom. The number of alkyl halides is 1. The van der Waals surface area contributed by atoms with Gasteiger partial charge in [-0.05, 0) is 0 Å². The Bertz CT molecular complexity index is 254. The van der Waals surface area contributed by atoms with Crippen molar-refractivity contribution in [3.63, 3.8) is 0 Å². The molecule has 6 nitrogen and oxygen atoms in total. The van der Waals surface area contributed by atoms with Gasteiger partial charge in [0, 0.05) is 0 Å². The second kappa shape index (κ2) is 2.95. The van der Waals surface area contributed by atoms with E-state index in [1.807, 2.05) is 0 Å². The summed E-state index contributed by atoms with van der Waals surface area (Å²) in [6, 6.07) is 0. The SMILES string of the molecule is O=C1OCC(C2OC(=O)OC2Cl)O1. The van der Waals surface area contributed by atoms with E-state index in [0.29, 0.717) is 0 Å². The zero-order valence-corrected chi connectivity index (χ0v) is 7.02. The molecule has 0 aromatic carbocycles. The van der Waals surface area contributed by atoms with E-state index in [0.717, 1.165) is 0 Å². The maximum absolute atomic E-state index is 10.6. The van der Waals surface area contributed by atoms with Gasteiger partial charge in [0.05, 0.1) is 0 Å². The standard InChI is InChI=1S/C6H5ClO6/c7-4-3(12-6(9)13-4)2-1-10-5(8)11-2/h2-4H,1H2. The number of cyclic esters (lactones) is 4. The normalized spacial score (nSPS) is 37.8. The van der Waals surface area contributed by atoms with E-state index in [-0.39, 0.29) is 6.61 Å². The van der Waals surface area contributed by atoms with Crippen LogP contribution in [0.5, 0.6) is 0 Å². The molecule has 0 spiro atoms. The summed E-state index contributed by atoms with van der Waals surface area (Å²) < 4.78 is 18.3. The van der Waals surface area contributed by atoms with Crippen LogP contribution in [0.3, 0.4) is 0 Å². The third kappa shape index (κ3) is 1.49. The minimum Gasteiger partial charge on any atom is -0.430 e. The Hall–Kier alpha value is -1.17. The van der Waals surface area contributed by atoms with E-state index in [1.54, 1.807) is 0 Å². The molecule has 0 N–H and O–H groups in total. The van der Waals surface area contributed by atoms with E-state index >= 15 is 0 Å². The molecule has 3 atom stereocenters. The van der Waals surface area contributed by atoms with Crippen molar-refractivity contribution in [2.45, 2.75) is 17.8 Å². The average Bonchev–Trinajstić information content (AvgIpc) is 2.58. The van der Waals surface area contributed by atoms with Gasteiger partial charge in [-0.2, -0.15) is 0 Å². The van der Waals surface area contributed by atoms with E-state index in [9.17, 15) is 9.59 Å². The van der Waals surface area contributed by atoms with Gasteiger partial charge in [-0.3, -0.25) is 0 Å². The zero-order chi connectivity index (χ0) is 9.42. The van der Waals surface area contributed by atoms with Gasteiger partial charge in [-0.15, -0.1) is 0 Å². The highest BCUT2D eigenvalue weighted by molar-refractivity contribution is 6.21. The van der Waals surface area contributed by atoms with Crippen LogP contribution in [0.15, 0.2) is 0 Å². The van der Waals surface area contributed by atoms with E-state index < -0.39 is 30.1 Å². The van der Waals surface area contributed by atoms with Crippen LogP contribution in [0.4, 0.5) is 9.59 Å². The smallest absolute Gasteiger partial charge is 0.430 e. The van der Waals surface area contributed by atoms with Crippen LogP contribution in [0.1, 0.15) is 0 Å². The highest BCUT2D eigenvalue weighted by atomic mass is 35.5. The number of ether oxygens (including phenoxy) is 4.